The summed E-state index contributed by atoms with van der Waals surface area (Å²) >= 11 is 0. The van der Waals surface area contributed by atoms with E-state index < -0.39 is 11.8 Å². The lowest BCUT2D eigenvalue weighted by Crippen LogP contribution is -2.48. The van der Waals surface area contributed by atoms with Gasteiger partial charge in [0.2, 0.25) is 5.91 Å². The summed E-state index contributed by atoms with van der Waals surface area (Å²) in [6.45, 7) is 2.52. The smallest absolute Gasteiger partial charge is 0.263 e. The van der Waals surface area contributed by atoms with Gasteiger partial charge < -0.3 is 4.90 Å². The molecule has 110 valence electrons. The van der Waals surface area contributed by atoms with Gasteiger partial charge in [-0.05, 0) is 32.3 Å². The summed E-state index contributed by atoms with van der Waals surface area (Å²) in [5.41, 5.74) is 0.608. The highest BCUT2D eigenvalue weighted by Crippen LogP contribution is 2.22. The van der Waals surface area contributed by atoms with E-state index in [9.17, 15) is 14.4 Å². The summed E-state index contributed by atoms with van der Waals surface area (Å²) in [6.07, 6.45) is 5.91. The molecule has 3 heterocycles. The van der Waals surface area contributed by atoms with E-state index in [1.165, 1.54) is 18.5 Å². The zero-order valence-electron chi connectivity index (χ0n) is 11.9. The second-order valence-electron chi connectivity index (χ2n) is 5.55. The standard InChI is InChI=1S/C15H17N3O3/c1-10-4-2-3-7-17(10)13(19)9-18-14(20)11-5-6-16-8-12(11)15(18)21/h5-6,8,10H,2-4,7,9H2,1H3/t10-/m0/s1. The molecule has 2 aliphatic heterocycles. The van der Waals surface area contributed by atoms with Crippen LogP contribution in [0.2, 0.25) is 0 Å². The molecule has 0 aromatic carbocycles. The Kier molecular flexibility index (Phi) is 3.45. The van der Waals surface area contributed by atoms with Crippen LogP contribution in [0, 0.1) is 0 Å². The van der Waals surface area contributed by atoms with Crippen LogP contribution in [0.1, 0.15) is 46.9 Å². The van der Waals surface area contributed by atoms with Crippen molar-refractivity contribution < 1.29 is 14.4 Å². The van der Waals surface area contributed by atoms with Gasteiger partial charge in [0.25, 0.3) is 11.8 Å². The second-order valence-corrected chi connectivity index (χ2v) is 5.55. The zero-order chi connectivity index (χ0) is 15.0. The number of rotatable bonds is 2. The minimum Gasteiger partial charge on any atom is -0.338 e. The van der Waals surface area contributed by atoms with Crippen LogP contribution in [0.3, 0.4) is 0 Å². The maximum atomic E-state index is 12.4. The van der Waals surface area contributed by atoms with E-state index in [-0.39, 0.29) is 24.1 Å². The fourth-order valence-electron chi connectivity index (χ4n) is 2.97. The molecule has 0 N–H and O–H groups in total. The van der Waals surface area contributed by atoms with E-state index >= 15 is 0 Å². The molecule has 1 atom stereocenters. The first-order chi connectivity index (χ1) is 10.1. The second kappa shape index (κ2) is 5.27. The number of nitrogens with zero attached hydrogens (tertiary/aromatic N) is 3. The van der Waals surface area contributed by atoms with Crippen LogP contribution in [0.25, 0.3) is 0 Å². The number of piperidine rings is 1. The van der Waals surface area contributed by atoms with Gasteiger partial charge in [-0.2, -0.15) is 0 Å². The monoisotopic (exact) mass is 287 g/mol. The van der Waals surface area contributed by atoms with E-state index in [1.54, 1.807) is 4.90 Å². The first-order valence-electron chi connectivity index (χ1n) is 7.19. The van der Waals surface area contributed by atoms with E-state index in [0.717, 1.165) is 24.2 Å². The molecular weight excluding hydrogens is 270 g/mol. The van der Waals surface area contributed by atoms with E-state index in [0.29, 0.717) is 12.1 Å². The molecule has 0 bridgehead atoms. The third-order valence-corrected chi connectivity index (χ3v) is 4.19. The fraction of sp³-hybridized carbons (Fsp3) is 0.467. The number of carbonyl (C=O) groups is 3. The molecule has 0 radical (unpaired) electrons. The van der Waals surface area contributed by atoms with Gasteiger partial charge in [-0.25, -0.2) is 0 Å². The molecule has 1 saturated heterocycles. The van der Waals surface area contributed by atoms with Crippen molar-refractivity contribution in [2.45, 2.75) is 32.2 Å². The van der Waals surface area contributed by atoms with Crippen molar-refractivity contribution in [3.63, 3.8) is 0 Å². The number of fused-ring (bicyclic) bond motifs is 1. The summed E-state index contributed by atoms with van der Waals surface area (Å²) in [7, 11) is 0. The first-order valence-corrected chi connectivity index (χ1v) is 7.19. The number of amides is 3. The van der Waals surface area contributed by atoms with Gasteiger partial charge in [-0.15, -0.1) is 0 Å². The lowest BCUT2D eigenvalue weighted by atomic mass is 10.0. The molecule has 0 aliphatic carbocycles. The number of aromatic nitrogens is 1. The van der Waals surface area contributed by atoms with Crippen molar-refractivity contribution in [2.75, 3.05) is 13.1 Å². The van der Waals surface area contributed by atoms with Crippen LogP contribution < -0.4 is 0 Å². The third-order valence-electron chi connectivity index (χ3n) is 4.19. The molecule has 3 amide bonds. The Labute approximate surface area is 122 Å². The van der Waals surface area contributed by atoms with Gasteiger partial charge >= 0.3 is 0 Å². The highest BCUT2D eigenvalue weighted by atomic mass is 16.2. The number of imide groups is 1. The van der Waals surface area contributed by atoms with Crippen LogP contribution in [-0.2, 0) is 4.79 Å². The van der Waals surface area contributed by atoms with Gasteiger partial charge in [0, 0.05) is 25.0 Å². The van der Waals surface area contributed by atoms with Crippen LogP contribution in [-0.4, -0.2) is 51.6 Å². The summed E-state index contributed by atoms with van der Waals surface area (Å²) in [5.74, 6) is -0.999. The summed E-state index contributed by atoms with van der Waals surface area (Å²) in [6, 6.07) is 1.69. The molecule has 1 aromatic rings. The lowest BCUT2D eigenvalue weighted by molar-refractivity contribution is -0.134. The molecule has 3 rings (SSSR count). The molecule has 1 fully saturated rings. The van der Waals surface area contributed by atoms with Gasteiger partial charge in [0.1, 0.15) is 6.54 Å². The molecule has 21 heavy (non-hydrogen) atoms. The SMILES string of the molecule is C[C@H]1CCCCN1C(=O)CN1C(=O)c2ccncc2C1=O. The lowest BCUT2D eigenvalue weighted by Gasteiger charge is -2.34. The maximum absolute atomic E-state index is 12.4. The number of hydrogen-bond donors (Lipinski definition) is 0. The molecule has 0 spiro atoms. The molecule has 0 saturated carbocycles. The molecule has 1 aromatic heterocycles. The first kappa shape index (κ1) is 13.7. The van der Waals surface area contributed by atoms with Crippen LogP contribution in [0.4, 0.5) is 0 Å². The molecular formula is C15H17N3O3. The number of carbonyl (C=O) groups excluding carboxylic acids is 3. The highest BCUT2D eigenvalue weighted by molar-refractivity contribution is 6.22. The summed E-state index contributed by atoms with van der Waals surface area (Å²) in [5, 5.41) is 0. The maximum Gasteiger partial charge on any atom is 0.263 e. The van der Waals surface area contributed by atoms with Crippen LogP contribution >= 0.6 is 0 Å². The third kappa shape index (κ3) is 2.30. The van der Waals surface area contributed by atoms with E-state index in [2.05, 4.69) is 4.98 Å². The molecule has 6 nitrogen and oxygen atoms in total. The van der Waals surface area contributed by atoms with Crippen molar-refractivity contribution in [2.24, 2.45) is 0 Å². The van der Waals surface area contributed by atoms with Gasteiger partial charge in [-0.1, -0.05) is 0 Å². The molecule has 2 aliphatic rings. The van der Waals surface area contributed by atoms with E-state index in [1.807, 2.05) is 6.92 Å². The average molecular weight is 287 g/mol. The predicted octanol–water partition coefficient (Wildman–Crippen LogP) is 1.08. The Balaban J connectivity index is 1.76. The van der Waals surface area contributed by atoms with Gasteiger partial charge in [0.15, 0.2) is 0 Å². The van der Waals surface area contributed by atoms with Crippen molar-refractivity contribution >= 4 is 17.7 Å². The molecule has 6 heteroatoms. The fourth-order valence-corrected chi connectivity index (χ4v) is 2.97. The van der Waals surface area contributed by atoms with Crippen molar-refractivity contribution in [1.29, 1.82) is 0 Å². The molecule has 0 unspecified atom stereocenters. The van der Waals surface area contributed by atoms with Gasteiger partial charge in [-0.3, -0.25) is 24.3 Å². The Morgan fingerprint density at radius 3 is 2.76 bits per heavy atom. The Morgan fingerprint density at radius 1 is 1.29 bits per heavy atom. The quantitative estimate of drug-likeness (QED) is 0.763. The normalized spacial score (nSPS) is 21.7. The van der Waals surface area contributed by atoms with Crippen molar-refractivity contribution in [3.8, 4) is 0 Å². The van der Waals surface area contributed by atoms with Crippen LogP contribution in [0.5, 0.6) is 0 Å². The summed E-state index contributed by atoms with van der Waals surface area (Å²) in [4.78, 5) is 43.4. The number of likely N-dealkylation sites (tertiary alicyclic amines) is 1. The Morgan fingerprint density at radius 2 is 2.05 bits per heavy atom. The van der Waals surface area contributed by atoms with Crippen molar-refractivity contribution in [1.82, 2.24) is 14.8 Å². The number of pyridine rings is 1. The zero-order valence-corrected chi connectivity index (χ0v) is 11.9. The average Bonchev–Trinajstić information content (AvgIpc) is 2.73. The minimum absolute atomic E-state index is 0.162. The summed E-state index contributed by atoms with van der Waals surface area (Å²) < 4.78 is 0. The van der Waals surface area contributed by atoms with Crippen molar-refractivity contribution in [3.05, 3.63) is 29.6 Å². The topological polar surface area (TPSA) is 70.6 Å². The largest absolute Gasteiger partial charge is 0.338 e. The minimum atomic E-state index is -0.430. The Hall–Kier alpha value is -2.24. The highest BCUT2D eigenvalue weighted by Gasteiger charge is 2.38. The number of hydrogen-bond acceptors (Lipinski definition) is 4. The van der Waals surface area contributed by atoms with Crippen LogP contribution in [0.15, 0.2) is 18.5 Å². The van der Waals surface area contributed by atoms with Gasteiger partial charge in [0.05, 0.1) is 11.1 Å². The Bertz CT molecular complexity index is 579. The predicted molar refractivity (Wildman–Crippen MR) is 74.6 cm³/mol. The van der Waals surface area contributed by atoms with E-state index in [4.69, 9.17) is 0 Å².